The van der Waals surface area contributed by atoms with Gasteiger partial charge in [0.25, 0.3) is 0 Å². The van der Waals surface area contributed by atoms with Crippen molar-refractivity contribution in [3.8, 4) is 0 Å². The molecule has 2 atom stereocenters. The number of carbonyl (C=O) groups is 2. The van der Waals surface area contributed by atoms with E-state index in [1.807, 2.05) is 0 Å². The lowest BCUT2D eigenvalue weighted by atomic mass is 10.0. The number of rotatable bonds is 37. The fourth-order valence-corrected chi connectivity index (χ4v) is 5.65. The molecule has 0 heterocycles. The Morgan fingerprint density at radius 3 is 1.30 bits per heavy atom. The number of hydrogen-bond acceptors (Lipinski definition) is 7. The molecule has 0 radical (unpaired) electrons. The number of esters is 2. The standard InChI is InChI=1S/C40H76O7/c1-3-5-7-9-11-13-15-17-18-20-21-23-25-27-29-31-39(43)46-35-37(33-41)45-36-38(34-42)47-40(44)32-30-28-26-24-22-19-16-14-12-10-8-6-4-2/h17-18,37-38,41-42H,3-16,19-36H2,1-2H3. The third-order valence-electron chi connectivity index (χ3n) is 8.78. The molecular formula is C40H76O7. The van der Waals surface area contributed by atoms with Crippen LogP contribution in [-0.4, -0.2) is 60.8 Å². The van der Waals surface area contributed by atoms with Crippen LogP contribution in [0.5, 0.6) is 0 Å². The van der Waals surface area contributed by atoms with Gasteiger partial charge in [-0.25, -0.2) is 0 Å². The van der Waals surface area contributed by atoms with Crippen LogP contribution in [0.25, 0.3) is 0 Å². The first-order valence-electron chi connectivity index (χ1n) is 19.9. The third kappa shape index (κ3) is 34.2. The second-order valence-corrected chi connectivity index (χ2v) is 13.4. The molecule has 0 saturated carbocycles. The van der Waals surface area contributed by atoms with Gasteiger partial charge in [0.05, 0.1) is 19.8 Å². The lowest BCUT2D eigenvalue weighted by molar-refractivity contribution is -0.160. The van der Waals surface area contributed by atoms with Gasteiger partial charge in [-0.3, -0.25) is 9.59 Å². The van der Waals surface area contributed by atoms with Crippen LogP contribution in [0, 0.1) is 0 Å². The van der Waals surface area contributed by atoms with Crippen LogP contribution in [0.2, 0.25) is 0 Å². The van der Waals surface area contributed by atoms with Crippen molar-refractivity contribution < 1.29 is 34.0 Å². The average molecular weight is 669 g/mol. The number of carbonyl (C=O) groups excluding carboxylic acids is 2. The molecule has 0 saturated heterocycles. The van der Waals surface area contributed by atoms with E-state index in [0.717, 1.165) is 44.9 Å². The summed E-state index contributed by atoms with van der Waals surface area (Å²) in [6.45, 7) is 3.69. The summed E-state index contributed by atoms with van der Waals surface area (Å²) in [7, 11) is 0. The zero-order chi connectivity index (χ0) is 34.5. The minimum atomic E-state index is -0.801. The van der Waals surface area contributed by atoms with E-state index in [0.29, 0.717) is 12.8 Å². The fourth-order valence-electron chi connectivity index (χ4n) is 5.65. The van der Waals surface area contributed by atoms with Crippen LogP contribution in [-0.2, 0) is 23.8 Å². The number of aliphatic hydroxyl groups is 2. The van der Waals surface area contributed by atoms with E-state index >= 15 is 0 Å². The lowest BCUT2D eigenvalue weighted by Gasteiger charge is -2.20. The molecule has 0 aromatic carbocycles. The SMILES string of the molecule is CCCCCCCCC=CCCCCCCCC(=O)OCC(CO)OCC(CO)OC(=O)CCCCCCCCCCCCCCC. The summed E-state index contributed by atoms with van der Waals surface area (Å²) < 4.78 is 16.2. The van der Waals surface area contributed by atoms with E-state index in [9.17, 15) is 19.8 Å². The largest absolute Gasteiger partial charge is 0.463 e. The summed E-state index contributed by atoms with van der Waals surface area (Å²) >= 11 is 0. The third-order valence-corrected chi connectivity index (χ3v) is 8.78. The zero-order valence-corrected chi connectivity index (χ0v) is 30.9. The topological polar surface area (TPSA) is 102 Å². The normalized spacial score (nSPS) is 12.9. The Hall–Kier alpha value is -1.44. The molecular weight excluding hydrogens is 592 g/mol. The van der Waals surface area contributed by atoms with Crippen molar-refractivity contribution in [1.29, 1.82) is 0 Å². The fraction of sp³-hybridized carbons (Fsp3) is 0.900. The summed E-state index contributed by atoms with van der Waals surface area (Å²) in [6.07, 6.45) is 35.6. The maximum Gasteiger partial charge on any atom is 0.306 e. The molecule has 0 aromatic rings. The lowest BCUT2D eigenvalue weighted by Crippen LogP contribution is -2.33. The van der Waals surface area contributed by atoms with Gasteiger partial charge in [-0.1, -0.05) is 154 Å². The molecule has 278 valence electrons. The maximum atomic E-state index is 12.2. The summed E-state index contributed by atoms with van der Waals surface area (Å²) in [5.74, 6) is -0.643. The van der Waals surface area contributed by atoms with Crippen LogP contribution >= 0.6 is 0 Å². The highest BCUT2D eigenvalue weighted by molar-refractivity contribution is 5.69. The number of hydrogen-bond donors (Lipinski definition) is 2. The van der Waals surface area contributed by atoms with Gasteiger partial charge in [0.15, 0.2) is 0 Å². The van der Waals surface area contributed by atoms with Crippen molar-refractivity contribution >= 4 is 11.9 Å². The summed E-state index contributed by atoms with van der Waals surface area (Å²) in [5.41, 5.74) is 0. The van der Waals surface area contributed by atoms with Crippen LogP contribution in [0.15, 0.2) is 12.2 Å². The molecule has 47 heavy (non-hydrogen) atoms. The summed E-state index contributed by atoms with van der Waals surface area (Å²) in [6, 6.07) is 0. The van der Waals surface area contributed by atoms with E-state index < -0.39 is 12.2 Å². The first kappa shape index (κ1) is 45.6. The Balaban J connectivity index is 3.74. The van der Waals surface area contributed by atoms with E-state index in [1.54, 1.807) is 0 Å². The van der Waals surface area contributed by atoms with Crippen molar-refractivity contribution in [3.05, 3.63) is 12.2 Å². The molecule has 0 aliphatic heterocycles. The first-order chi connectivity index (χ1) is 23.1. The number of allylic oxidation sites excluding steroid dienone is 2. The molecule has 0 aliphatic rings. The Morgan fingerprint density at radius 2 is 0.872 bits per heavy atom. The van der Waals surface area contributed by atoms with Crippen molar-refractivity contribution in [2.45, 2.75) is 206 Å². The highest BCUT2D eigenvalue weighted by Gasteiger charge is 2.18. The molecule has 7 heteroatoms. The molecule has 2 unspecified atom stereocenters. The van der Waals surface area contributed by atoms with E-state index in [2.05, 4.69) is 26.0 Å². The van der Waals surface area contributed by atoms with Crippen LogP contribution in [0.3, 0.4) is 0 Å². The van der Waals surface area contributed by atoms with Gasteiger partial charge in [0.1, 0.15) is 18.8 Å². The van der Waals surface area contributed by atoms with Crippen LogP contribution < -0.4 is 0 Å². The average Bonchev–Trinajstić information content (AvgIpc) is 3.08. The highest BCUT2D eigenvalue weighted by atomic mass is 16.6. The molecule has 7 nitrogen and oxygen atoms in total. The van der Waals surface area contributed by atoms with Gasteiger partial charge >= 0.3 is 11.9 Å². The van der Waals surface area contributed by atoms with E-state index in [4.69, 9.17) is 14.2 Å². The second-order valence-electron chi connectivity index (χ2n) is 13.4. The zero-order valence-electron chi connectivity index (χ0n) is 30.9. The Labute approximate surface area is 290 Å². The van der Waals surface area contributed by atoms with Crippen molar-refractivity contribution in [2.75, 3.05) is 26.4 Å². The number of aliphatic hydroxyl groups excluding tert-OH is 2. The molecule has 0 fully saturated rings. The smallest absolute Gasteiger partial charge is 0.306 e. The van der Waals surface area contributed by atoms with Gasteiger partial charge in [-0.15, -0.1) is 0 Å². The molecule has 0 aliphatic carbocycles. The Kier molecular flexibility index (Phi) is 36.2. The van der Waals surface area contributed by atoms with Gasteiger partial charge < -0.3 is 24.4 Å². The first-order valence-corrected chi connectivity index (χ1v) is 19.9. The molecule has 0 spiro atoms. The van der Waals surface area contributed by atoms with Crippen molar-refractivity contribution in [2.24, 2.45) is 0 Å². The van der Waals surface area contributed by atoms with Gasteiger partial charge in [-0.05, 0) is 38.5 Å². The minimum absolute atomic E-state index is 0.0577. The molecule has 0 aromatic heterocycles. The molecule has 2 N–H and O–H groups in total. The predicted octanol–water partition coefficient (Wildman–Crippen LogP) is 10.3. The maximum absolute atomic E-state index is 12.2. The van der Waals surface area contributed by atoms with Gasteiger partial charge in [0.2, 0.25) is 0 Å². The van der Waals surface area contributed by atoms with Crippen molar-refractivity contribution in [1.82, 2.24) is 0 Å². The highest BCUT2D eigenvalue weighted by Crippen LogP contribution is 2.14. The summed E-state index contributed by atoms with van der Waals surface area (Å²) in [5, 5.41) is 19.2. The molecule has 0 amide bonds. The molecule has 0 bridgehead atoms. The molecule has 0 rings (SSSR count). The number of ether oxygens (including phenoxy) is 3. The minimum Gasteiger partial charge on any atom is -0.463 e. The van der Waals surface area contributed by atoms with Gasteiger partial charge in [0, 0.05) is 12.8 Å². The second kappa shape index (κ2) is 37.4. The number of unbranched alkanes of at least 4 members (excludes halogenated alkanes) is 23. The van der Waals surface area contributed by atoms with Gasteiger partial charge in [-0.2, -0.15) is 0 Å². The summed E-state index contributed by atoms with van der Waals surface area (Å²) in [4.78, 5) is 24.3. The monoisotopic (exact) mass is 669 g/mol. The Morgan fingerprint density at radius 1 is 0.489 bits per heavy atom. The quantitative estimate of drug-likeness (QED) is 0.0386. The van der Waals surface area contributed by atoms with Crippen LogP contribution in [0.4, 0.5) is 0 Å². The van der Waals surface area contributed by atoms with E-state index in [1.165, 1.54) is 122 Å². The van der Waals surface area contributed by atoms with Crippen LogP contribution in [0.1, 0.15) is 194 Å². The predicted molar refractivity (Wildman–Crippen MR) is 195 cm³/mol. The Bertz CT molecular complexity index is 696. The van der Waals surface area contributed by atoms with E-state index in [-0.39, 0.29) is 38.4 Å². The van der Waals surface area contributed by atoms with Crippen molar-refractivity contribution in [3.63, 3.8) is 0 Å².